The fourth-order valence-electron chi connectivity index (χ4n) is 8.28. The molecule has 7 atom stereocenters. The van der Waals surface area contributed by atoms with E-state index in [1.807, 2.05) is 27.7 Å². The standard InChI is InChI=1S/C49H70N8O11S/c1-8-30(4)44(55-45(63)36-14-11-12-22-50-36)48(65)56(7)38(29(2)3)26-39(68-32(6)58)47-54-37(28-69-47)46(64)53-35(24-31(5)49(66)67)25-33-16-18-34(19-17-33)52-41(60)27-51-40(59)15-10-9-13-23-57-42(61)20-21-43(57)62/h16-21,28-31,35-36,38-39,44,50H,8-15,22-27H2,1-7H3,(H,51,59)(H,52,60)(H,53,64)(H,55,63)(H,66,67)/t30-,31?,35+,36+,38+,39+,44-/m0/s1. The summed E-state index contributed by atoms with van der Waals surface area (Å²) in [6.45, 7) is 11.4. The molecular formula is C49H70N8O11S. The zero-order valence-corrected chi connectivity index (χ0v) is 41.7. The predicted octanol–water partition coefficient (Wildman–Crippen LogP) is 4.29. The third kappa shape index (κ3) is 17.5. The Morgan fingerprint density at radius 1 is 0.942 bits per heavy atom. The number of ether oxygens (including phenoxy) is 1. The van der Waals surface area contributed by atoms with Crippen LogP contribution < -0.4 is 26.6 Å². The van der Waals surface area contributed by atoms with E-state index in [0.717, 1.165) is 41.2 Å². The number of hydrogen-bond donors (Lipinski definition) is 6. The minimum atomic E-state index is -1.03. The normalized spacial score (nSPS) is 17.3. The number of nitrogens with zero attached hydrogens (tertiary/aromatic N) is 3. The van der Waals surface area contributed by atoms with Gasteiger partial charge in [0.25, 0.3) is 17.7 Å². The summed E-state index contributed by atoms with van der Waals surface area (Å²) in [4.78, 5) is 121. The van der Waals surface area contributed by atoms with E-state index in [1.165, 1.54) is 24.5 Å². The van der Waals surface area contributed by atoms with E-state index < -0.39 is 53.9 Å². The van der Waals surface area contributed by atoms with Crippen molar-refractivity contribution in [2.75, 3.05) is 32.0 Å². The van der Waals surface area contributed by atoms with Crippen LogP contribution in [-0.2, 0) is 49.5 Å². The Kier molecular flexibility index (Phi) is 21.9. The van der Waals surface area contributed by atoms with Gasteiger partial charge in [-0.1, -0.05) is 66.0 Å². The first-order chi connectivity index (χ1) is 32.8. The molecule has 2 aliphatic rings. The molecule has 0 radical (unpaired) electrons. The average molecular weight is 979 g/mol. The number of hydrogen-bond acceptors (Lipinski definition) is 13. The number of rotatable bonds is 27. The van der Waals surface area contributed by atoms with Gasteiger partial charge >= 0.3 is 11.9 Å². The number of anilines is 1. The van der Waals surface area contributed by atoms with Crippen LogP contribution in [-0.4, -0.2) is 124 Å². The summed E-state index contributed by atoms with van der Waals surface area (Å²) >= 11 is 1.12. The van der Waals surface area contributed by atoms with Crippen LogP contribution in [0.5, 0.6) is 0 Å². The summed E-state index contributed by atoms with van der Waals surface area (Å²) in [7, 11) is 1.68. The number of thiazole rings is 1. The van der Waals surface area contributed by atoms with E-state index in [-0.39, 0.29) is 91.9 Å². The number of carbonyl (C=O) groups excluding carboxylic acids is 8. The number of aliphatic carboxylic acids is 1. The number of imide groups is 1. The lowest BCUT2D eigenvalue weighted by atomic mass is 9.92. The van der Waals surface area contributed by atoms with Gasteiger partial charge in [-0.3, -0.25) is 48.1 Å². The monoisotopic (exact) mass is 978 g/mol. The fraction of sp³-hybridized carbons (Fsp3) is 0.592. The van der Waals surface area contributed by atoms with Crippen molar-refractivity contribution < 1.29 is 53.0 Å². The predicted molar refractivity (Wildman–Crippen MR) is 258 cm³/mol. The molecule has 1 aromatic carbocycles. The molecule has 3 heterocycles. The largest absolute Gasteiger partial charge is 0.481 e. The lowest BCUT2D eigenvalue weighted by Crippen LogP contribution is -2.57. The van der Waals surface area contributed by atoms with Crippen LogP contribution in [0.4, 0.5) is 5.69 Å². The van der Waals surface area contributed by atoms with Crippen LogP contribution in [0.25, 0.3) is 0 Å². The SMILES string of the molecule is CC[C@H](C)[C@H](NC(=O)[C@H]1CCCCN1)C(=O)N(C)[C@H](C[C@@H](OC(C)=O)c1nc(C(=O)N[C@@H](Cc2ccc(NC(=O)CNC(=O)CCCCCN3C(=O)C=CC3=O)cc2)CC(C)C(=O)O)cs1)C(C)C. The highest BCUT2D eigenvalue weighted by Crippen LogP contribution is 2.31. The smallest absolute Gasteiger partial charge is 0.306 e. The number of esters is 1. The number of piperidine rings is 1. The van der Waals surface area contributed by atoms with Crippen molar-refractivity contribution in [1.29, 1.82) is 0 Å². The molecule has 0 saturated carbocycles. The number of carboxylic acids is 1. The van der Waals surface area contributed by atoms with Crippen molar-refractivity contribution >= 4 is 70.3 Å². The van der Waals surface area contributed by atoms with E-state index in [4.69, 9.17) is 4.74 Å². The number of amides is 7. The van der Waals surface area contributed by atoms with Gasteiger partial charge in [0.2, 0.25) is 23.6 Å². The van der Waals surface area contributed by atoms with Gasteiger partial charge in [-0.2, -0.15) is 0 Å². The summed E-state index contributed by atoms with van der Waals surface area (Å²) in [6, 6.07) is 4.56. The number of carboxylic acid groups (broad SMARTS) is 1. The first-order valence-corrected chi connectivity index (χ1v) is 24.8. The van der Waals surface area contributed by atoms with Crippen LogP contribution >= 0.6 is 11.3 Å². The second kappa shape index (κ2) is 27.2. The third-order valence-corrected chi connectivity index (χ3v) is 13.5. The summed E-state index contributed by atoms with van der Waals surface area (Å²) < 4.78 is 5.78. The highest BCUT2D eigenvalue weighted by atomic mass is 32.1. The van der Waals surface area contributed by atoms with E-state index in [2.05, 4.69) is 31.6 Å². The van der Waals surface area contributed by atoms with Gasteiger partial charge < -0.3 is 41.3 Å². The fourth-order valence-corrected chi connectivity index (χ4v) is 9.12. The van der Waals surface area contributed by atoms with E-state index in [1.54, 1.807) is 43.1 Å². The van der Waals surface area contributed by atoms with Crippen LogP contribution in [0.15, 0.2) is 41.8 Å². The minimum Gasteiger partial charge on any atom is -0.481 e. The Balaban J connectivity index is 1.36. The lowest BCUT2D eigenvalue weighted by Gasteiger charge is -2.37. The number of likely N-dealkylation sites (N-methyl/N-ethyl adjacent to an activating group) is 1. The van der Waals surface area contributed by atoms with Gasteiger partial charge in [0, 0.05) is 68.7 Å². The molecule has 1 fully saturated rings. The molecule has 6 N–H and O–H groups in total. The van der Waals surface area contributed by atoms with Crippen molar-refractivity contribution in [2.24, 2.45) is 17.8 Å². The molecule has 0 bridgehead atoms. The highest BCUT2D eigenvalue weighted by Gasteiger charge is 2.37. The van der Waals surface area contributed by atoms with Gasteiger partial charge in [-0.15, -0.1) is 11.3 Å². The third-order valence-electron chi connectivity index (χ3n) is 12.6. The molecule has 1 unspecified atom stereocenters. The van der Waals surface area contributed by atoms with E-state index >= 15 is 0 Å². The maximum atomic E-state index is 14.2. The second-order valence-electron chi connectivity index (χ2n) is 18.4. The van der Waals surface area contributed by atoms with Crippen molar-refractivity contribution in [3.8, 4) is 0 Å². The van der Waals surface area contributed by atoms with Crippen molar-refractivity contribution in [2.45, 2.75) is 142 Å². The molecule has 378 valence electrons. The summed E-state index contributed by atoms with van der Waals surface area (Å²) in [6.07, 6.45) is 7.20. The average Bonchev–Trinajstić information content (AvgIpc) is 3.94. The van der Waals surface area contributed by atoms with E-state index in [0.29, 0.717) is 42.8 Å². The molecule has 4 rings (SSSR count). The summed E-state index contributed by atoms with van der Waals surface area (Å²) in [5.74, 6) is -5.15. The van der Waals surface area contributed by atoms with Crippen LogP contribution in [0.1, 0.15) is 133 Å². The van der Waals surface area contributed by atoms with Crippen molar-refractivity contribution in [1.82, 2.24) is 36.1 Å². The molecule has 2 aliphatic heterocycles. The molecule has 2 aromatic rings. The maximum absolute atomic E-state index is 14.2. The van der Waals surface area contributed by atoms with Gasteiger partial charge in [0.1, 0.15) is 16.7 Å². The number of aromatic nitrogens is 1. The molecule has 20 heteroatoms. The molecule has 1 aromatic heterocycles. The number of benzene rings is 1. The second-order valence-corrected chi connectivity index (χ2v) is 19.3. The van der Waals surface area contributed by atoms with Gasteiger partial charge in [-0.05, 0) is 74.6 Å². The van der Waals surface area contributed by atoms with Gasteiger partial charge in [-0.25, -0.2) is 4.98 Å². The highest BCUT2D eigenvalue weighted by molar-refractivity contribution is 7.09. The molecule has 19 nitrogen and oxygen atoms in total. The molecular weight excluding hydrogens is 909 g/mol. The molecule has 1 saturated heterocycles. The summed E-state index contributed by atoms with van der Waals surface area (Å²) in [5.41, 5.74) is 1.24. The van der Waals surface area contributed by atoms with Gasteiger partial charge in [0.05, 0.1) is 18.5 Å². The molecule has 0 spiro atoms. The topological polar surface area (TPSA) is 263 Å². The van der Waals surface area contributed by atoms with Crippen LogP contribution in [0.2, 0.25) is 0 Å². The van der Waals surface area contributed by atoms with Crippen LogP contribution in [0, 0.1) is 17.8 Å². The Morgan fingerprint density at radius 3 is 2.25 bits per heavy atom. The Hall–Kier alpha value is -6.02. The minimum absolute atomic E-state index is 0.0392. The van der Waals surface area contributed by atoms with Crippen molar-refractivity contribution in [3.05, 3.63) is 58.1 Å². The van der Waals surface area contributed by atoms with E-state index in [9.17, 15) is 48.3 Å². The lowest BCUT2D eigenvalue weighted by molar-refractivity contribution is -0.149. The van der Waals surface area contributed by atoms with Gasteiger partial charge in [0.15, 0.2) is 6.10 Å². The number of nitrogens with one attached hydrogen (secondary N) is 5. The Bertz CT molecular complexity index is 2140. The zero-order chi connectivity index (χ0) is 50.8. The van der Waals surface area contributed by atoms with Crippen molar-refractivity contribution in [3.63, 3.8) is 0 Å². The molecule has 69 heavy (non-hydrogen) atoms. The first kappa shape index (κ1) is 55.6. The quantitative estimate of drug-likeness (QED) is 0.0415. The molecule has 0 aliphatic carbocycles. The summed E-state index contributed by atoms with van der Waals surface area (Å²) in [5, 5.41) is 26.1. The first-order valence-electron chi connectivity index (χ1n) is 23.9. The number of carbonyl (C=O) groups is 9. The Morgan fingerprint density at radius 2 is 1.64 bits per heavy atom. The Labute approximate surface area is 408 Å². The molecule has 7 amide bonds. The van der Waals surface area contributed by atoms with Crippen LogP contribution in [0.3, 0.4) is 0 Å². The maximum Gasteiger partial charge on any atom is 0.306 e. The number of unbranched alkanes of at least 4 members (excludes halogenated alkanes) is 2. The zero-order valence-electron chi connectivity index (χ0n) is 40.8.